The largest absolute Gasteiger partial charge is 0.338 e. The molecule has 2 amide bonds. The molecule has 1 aliphatic rings. The molecule has 3 heteroatoms. The Balaban J connectivity index is 2.29. The maximum atomic E-state index is 11.8. The standard InChI is InChI=1S/C14H28N2O/c1-5-6-9-15-13(17)16-10-7-12(8-11-16)14(2,3)4/h12H,5-11H2,1-4H3,(H,15,17). The zero-order valence-corrected chi connectivity index (χ0v) is 11.9. The summed E-state index contributed by atoms with van der Waals surface area (Å²) in [7, 11) is 0. The van der Waals surface area contributed by atoms with Gasteiger partial charge in [0.25, 0.3) is 0 Å². The number of nitrogens with zero attached hydrogens (tertiary/aromatic N) is 1. The van der Waals surface area contributed by atoms with E-state index in [1.54, 1.807) is 0 Å². The predicted octanol–water partition coefficient (Wildman–Crippen LogP) is 3.25. The van der Waals surface area contributed by atoms with Crippen molar-refractivity contribution in [2.24, 2.45) is 11.3 Å². The van der Waals surface area contributed by atoms with E-state index < -0.39 is 0 Å². The van der Waals surface area contributed by atoms with Gasteiger partial charge in [0.1, 0.15) is 0 Å². The Bertz CT molecular complexity index is 237. The fourth-order valence-corrected chi connectivity index (χ4v) is 2.43. The maximum Gasteiger partial charge on any atom is 0.317 e. The molecule has 1 saturated heterocycles. The first-order valence-electron chi connectivity index (χ1n) is 6.98. The van der Waals surface area contributed by atoms with Gasteiger partial charge in [-0.3, -0.25) is 0 Å². The lowest BCUT2D eigenvalue weighted by Crippen LogP contribution is -2.46. The first-order chi connectivity index (χ1) is 7.95. The van der Waals surface area contributed by atoms with E-state index in [-0.39, 0.29) is 6.03 Å². The Kier molecular flexibility index (Phi) is 5.29. The first kappa shape index (κ1) is 14.3. The Labute approximate surface area is 106 Å². The summed E-state index contributed by atoms with van der Waals surface area (Å²) in [5.74, 6) is 0.752. The molecular weight excluding hydrogens is 212 g/mol. The van der Waals surface area contributed by atoms with Crippen LogP contribution in [0.4, 0.5) is 4.79 Å². The second kappa shape index (κ2) is 6.27. The molecule has 0 saturated carbocycles. The van der Waals surface area contributed by atoms with Crippen LogP contribution in [0.3, 0.4) is 0 Å². The molecule has 1 N–H and O–H groups in total. The van der Waals surface area contributed by atoms with Crippen LogP contribution in [0.1, 0.15) is 53.4 Å². The van der Waals surface area contributed by atoms with Crippen molar-refractivity contribution in [3.05, 3.63) is 0 Å². The lowest BCUT2D eigenvalue weighted by molar-refractivity contribution is 0.122. The van der Waals surface area contributed by atoms with E-state index in [1.165, 1.54) is 0 Å². The number of carbonyl (C=O) groups is 1. The van der Waals surface area contributed by atoms with Crippen LogP contribution in [-0.2, 0) is 0 Å². The number of hydrogen-bond donors (Lipinski definition) is 1. The third-order valence-electron chi connectivity index (χ3n) is 3.81. The van der Waals surface area contributed by atoms with Gasteiger partial charge in [0, 0.05) is 19.6 Å². The average molecular weight is 240 g/mol. The fourth-order valence-electron chi connectivity index (χ4n) is 2.43. The van der Waals surface area contributed by atoms with Crippen LogP contribution in [0.2, 0.25) is 0 Å². The monoisotopic (exact) mass is 240 g/mol. The van der Waals surface area contributed by atoms with Crippen molar-refractivity contribution in [1.82, 2.24) is 10.2 Å². The highest BCUT2D eigenvalue weighted by Gasteiger charge is 2.30. The van der Waals surface area contributed by atoms with Gasteiger partial charge >= 0.3 is 6.03 Å². The molecule has 1 aliphatic heterocycles. The van der Waals surface area contributed by atoms with Crippen LogP contribution in [0.15, 0.2) is 0 Å². The molecule has 100 valence electrons. The van der Waals surface area contributed by atoms with Crippen molar-refractivity contribution in [1.29, 1.82) is 0 Å². The van der Waals surface area contributed by atoms with Crippen molar-refractivity contribution in [3.8, 4) is 0 Å². The van der Waals surface area contributed by atoms with E-state index in [4.69, 9.17) is 0 Å². The minimum atomic E-state index is 0.130. The number of piperidine rings is 1. The molecule has 0 bridgehead atoms. The van der Waals surface area contributed by atoms with E-state index in [0.717, 1.165) is 51.2 Å². The second-order valence-electron chi connectivity index (χ2n) is 6.21. The van der Waals surface area contributed by atoms with E-state index in [1.807, 2.05) is 4.90 Å². The Morgan fingerprint density at radius 2 is 1.88 bits per heavy atom. The van der Waals surface area contributed by atoms with Gasteiger partial charge < -0.3 is 10.2 Å². The van der Waals surface area contributed by atoms with Gasteiger partial charge in [-0.15, -0.1) is 0 Å². The SMILES string of the molecule is CCCCNC(=O)N1CCC(C(C)(C)C)CC1. The molecule has 0 spiro atoms. The van der Waals surface area contributed by atoms with Crippen molar-refractivity contribution in [2.75, 3.05) is 19.6 Å². The summed E-state index contributed by atoms with van der Waals surface area (Å²) >= 11 is 0. The maximum absolute atomic E-state index is 11.8. The van der Waals surface area contributed by atoms with E-state index >= 15 is 0 Å². The smallest absolute Gasteiger partial charge is 0.317 e. The highest BCUT2D eigenvalue weighted by atomic mass is 16.2. The zero-order valence-electron chi connectivity index (χ0n) is 11.9. The highest BCUT2D eigenvalue weighted by molar-refractivity contribution is 5.74. The van der Waals surface area contributed by atoms with Crippen molar-refractivity contribution in [2.45, 2.75) is 53.4 Å². The summed E-state index contributed by atoms with van der Waals surface area (Å²) < 4.78 is 0. The summed E-state index contributed by atoms with van der Waals surface area (Å²) in [6.45, 7) is 11.7. The van der Waals surface area contributed by atoms with E-state index in [9.17, 15) is 4.79 Å². The predicted molar refractivity (Wildman–Crippen MR) is 72.1 cm³/mol. The molecule has 0 aromatic carbocycles. The Hall–Kier alpha value is -0.730. The molecule has 0 radical (unpaired) electrons. The molecule has 0 aromatic heterocycles. The van der Waals surface area contributed by atoms with Crippen molar-refractivity contribution in [3.63, 3.8) is 0 Å². The molecule has 1 rings (SSSR count). The van der Waals surface area contributed by atoms with Gasteiger partial charge in [-0.1, -0.05) is 34.1 Å². The molecule has 1 fully saturated rings. The van der Waals surface area contributed by atoms with Crippen LogP contribution in [0.5, 0.6) is 0 Å². The summed E-state index contributed by atoms with van der Waals surface area (Å²) in [6, 6.07) is 0.130. The van der Waals surface area contributed by atoms with Gasteiger partial charge in [-0.25, -0.2) is 4.79 Å². The Morgan fingerprint density at radius 1 is 1.29 bits per heavy atom. The number of hydrogen-bond acceptors (Lipinski definition) is 1. The van der Waals surface area contributed by atoms with Crippen LogP contribution in [0, 0.1) is 11.3 Å². The molecule has 3 nitrogen and oxygen atoms in total. The summed E-state index contributed by atoms with van der Waals surface area (Å²) in [4.78, 5) is 13.8. The van der Waals surface area contributed by atoms with E-state index in [0.29, 0.717) is 5.41 Å². The third-order valence-corrected chi connectivity index (χ3v) is 3.81. The van der Waals surface area contributed by atoms with Crippen LogP contribution >= 0.6 is 0 Å². The van der Waals surface area contributed by atoms with Crippen molar-refractivity contribution >= 4 is 6.03 Å². The third kappa shape index (κ3) is 4.57. The summed E-state index contributed by atoms with van der Waals surface area (Å²) in [5.41, 5.74) is 0.380. The minimum Gasteiger partial charge on any atom is -0.338 e. The molecule has 0 atom stereocenters. The number of carbonyl (C=O) groups excluding carboxylic acids is 1. The van der Waals surface area contributed by atoms with Gasteiger partial charge in [-0.05, 0) is 30.6 Å². The number of urea groups is 1. The summed E-state index contributed by atoms with van der Waals surface area (Å²) in [6.07, 6.45) is 4.49. The molecule has 0 aliphatic carbocycles. The Morgan fingerprint density at radius 3 is 2.35 bits per heavy atom. The lowest BCUT2D eigenvalue weighted by atomic mass is 9.75. The molecule has 0 aromatic rings. The molecular formula is C14H28N2O. The van der Waals surface area contributed by atoms with Crippen LogP contribution < -0.4 is 5.32 Å². The number of amides is 2. The highest BCUT2D eigenvalue weighted by Crippen LogP contribution is 2.34. The number of likely N-dealkylation sites (tertiary alicyclic amines) is 1. The zero-order chi connectivity index (χ0) is 12.9. The minimum absolute atomic E-state index is 0.130. The molecule has 17 heavy (non-hydrogen) atoms. The molecule has 1 heterocycles. The quantitative estimate of drug-likeness (QED) is 0.755. The van der Waals surface area contributed by atoms with E-state index in [2.05, 4.69) is 33.0 Å². The number of nitrogens with one attached hydrogen (secondary N) is 1. The van der Waals surface area contributed by atoms with Gasteiger partial charge in [0.15, 0.2) is 0 Å². The van der Waals surface area contributed by atoms with Crippen molar-refractivity contribution < 1.29 is 4.79 Å². The second-order valence-corrected chi connectivity index (χ2v) is 6.21. The fraction of sp³-hybridized carbons (Fsp3) is 0.929. The lowest BCUT2D eigenvalue weighted by Gasteiger charge is -2.38. The number of rotatable bonds is 3. The van der Waals surface area contributed by atoms with Gasteiger partial charge in [0.2, 0.25) is 0 Å². The normalized spacial score (nSPS) is 18.2. The van der Waals surface area contributed by atoms with Crippen LogP contribution in [-0.4, -0.2) is 30.6 Å². The van der Waals surface area contributed by atoms with Crippen LogP contribution in [0.25, 0.3) is 0 Å². The average Bonchev–Trinajstić information content (AvgIpc) is 2.28. The molecule has 0 unspecified atom stereocenters. The first-order valence-corrected chi connectivity index (χ1v) is 6.98. The van der Waals surface area contributed by atoms with Gasteiger partial charge in [0.05, 0.1) is 0 Å². The number of unbranched alkanes of at least 4 members (excludes halogenated alkanes) is 1. The topological polar surface area (TPSA) is 32.3 Å². The van der Waals surface area contributed by atoms with Gasteiger partial charge in [-0.2, -0.15) is 0 Å². The summed E-state index contributed by atoms with van der Waals surface area (Å²) in [5, 5.41) is 2.99.